The standard InChI is InChI=1S/C14H13F3N2O/c15-14(16,17)12-4-1-11(2-5-12)3-6-13(20)9-19-8-7-18-10-19/h1-2,4-5,7-8,10H,3,6,9H2. The van der Waals surface area contributed by atoms with Crippen LogP contribution in [-0.4, -0.2) is 15.3 Å². The van der Waals surface area contributed by atoms with Crippen molar-refractivity contribution in [1.29, 1.82) is 0 Å². The van der Waals surface area contributed by atoms with Gasteiger partial charge in [0.05, 0.1) is 18.4 Å². The van der Waals surface area contributed by atoms with Crippen LogP contribution >= 0.6 is 0 Å². The summed E-state index contributed by atoms with van der Waals surface area (Å²) < 4.78 is 38.8. The van der Waals surface area contributed by atoms with E-state index in [0.717, 1.165) is 17.7 Å². The van der Waals surface area contributed by atoms with Crippen molar-refractivity contribution in [2.75, 3.05) is 0 Å². The number of carbonyl (C=O) groups excluding carboxylic acids is 1. The summed E-state index contributed by atoms with van der Waals surface area (Å²) >= 11 is 0. The summed E-state index contributed by atoms with van der Waals surface area (Å²) in [5.41, 5.74) is 0.0444. The van der Waals surface area contributed by atoms with Crippen LogP contribution in [0, 0.1) is 0 Å². The third-order valence-electron chi connectivity index (χ3n) is 2.89. The van der Waals surface area contributed by atoms with E-state index in [1.807, 2.05) is 0 Å². The minimum atomic E-state index is -4.32. The normalized spacial score (nSPS) is 11.6. The molecule has 0 N–H and O–H groups in total. The monoisotopic (exact) mass is 282 g/mol. The fourth-order valence-electron chi connectivity index (χ4n) is 1.81. The average molecular weight is 282 g/mol. The maximum Gasteiger partial charge on any atom is 0.416 e. The predicted octanol–water partition coefficient (Wildman–Crippen LogP) is 3.10. The van der Waals surface area contributed by atoms with Crippen LogP contribution < -0.4 is 0 Å². The van der Waals surface area contributed by atoms with E-state index in [0.29, 0.717) is 12.8 Å². The molecule has 20 heavy (non-hydrogen) atoms. The van der Waals surface area contributed by atoms with Gasteiger partial charge in [-0.2, -0.15) is 13.2 Å². The van der Waals surface area contributed by atoms with Gasteiger partial charge in [-0.25, -0.2) is 4.98 Å². The van der Waals surface area contributed by atoms with Crippen LogP contribution in [0.25, 0.3) is 0 Å². The number of ketones is 1. The topological polar surface area (TPSA) is 34.9 Å². The zero-order valence-corrected chi connectivity index (χ0v) is 10.6. The van der Waals surface area contributed by atoms with Gasteiger partial charge < -0.3 is 4.57 Å². The molecule has 1 heterocycles. The number of rotatable bonds is 5. The van der Waals surface area contributed by atoms with E-state index in [9.17, 15) is 18.0 Å². The molecule has 1 aromatic carbocycles. The molecule has 0 bridgehead atoms. The van der Waals surface area contributed by atoms with E-state index in [1.165, 1.54) is 12.1 Å². The van der Waals surface area contributed by atoms with Crippen LogP contribution in [-0.2, 0) is 23.9 Å². The summed E-state index contributed by atoms with van der Waals surface area (Å²) in [6.07, 6.45) is 1.24. The summed E-state index contributed by atoms with van der Waals surface area (Å²) in [4.78, 5) is 15.5. The quantitative estimate of drug-likeness (QED) is 0.844. The Morgan fingerprint density at radius 2 is 1.90 bits per heavy atom. The third kappa shape index (κ3) is 3.94. The van der Waals surface area contributed by atoms with E-state index in [4.69, 9.17) is 0 Å². The summed E-state index contributed by atoms with van der Waals surface area (Å²) in [5.74, 6) is 0.0166. The first-order valence-electron chi connectivity index (χ1n) is 6.09. The molecule has 0 fully saturated rings. The molecule has 0 atom stereocenters. The maximum absolute atomic E-state index is 12.4. The molecule has 1 aromatic heterocycles. The Morgan fingerprint density at radius 1 is 1.20 bits per heavy atom. The molecular formula is C14H13F3N2O. The second-order valence-electron chi connectivity index (χ2n) is 4.47. The van der Waals surface area contributed by atoms with Crippen LogP contribution in [0.15, 0.2) is 43.0 Å². The van der Waals surface area contributed by atoms with E-state index >= 15 is 0 Å². The predicted molar refractivity (Wildman–Crippen MR) is 67.0 cm³/mol. The number of hydrogen-bond donors (Lipinski definition) is 0. The van der Waals surface area contributed by atoms with Gasteiger partial charge in [0.25, 0.3) is 0 Å². The zero-order chi connectivity index (χ0) is 14.6. The lowest BCUT2D eigenvalue weighted by atomic mass is 10.1. The number of carbonyl (C=O) groups is 1. The zero-order valence-electron chi connectivity index (χ0n) is 10.6. The van der Waals surface area contributed by atoms with Crippen LogP contribution in [0.4, 0.5) is 13.2 Å². The van der Waals surface area contributed by atoms with Gasteiger partial charge in [-0.3, -0.25) is 4.79 Å². The van der Waals surface area contributed by atoms with Crippen molar-refractivity contribution in [3.05, 3.63) is 54.1 Å². The second kappa shape index (κ2) is 5.90. The first-order valence-corrected chi connectivity index (χ1v) is 6.09. The van der Waals surface area contributed by atoms with Gasteiger partial charge in [-0.1, -0.05) is 12.1 Å². The molecule has 0 saturated heterocycles. The van der Waals surface area contributed by atoms with E-state index in [2.05, 4.69) is 4.98 Å². The maximum atomic E-state index is 12.4. The summed E-state index contributed by atoms with van der Waals surface area (Å²) in [7, 11) is 0. The van der Waals surface area contributed by atoms with Gasteiger partial charge in [-0.15, -0.1) is 0 Å². The van der Waals surface area contributed by atoms with Gasteiger partial charge >= 0.3 is 6.18 Å². The van der Waals surface area contributed by atoms with Crippen LogP contribution in [0.1, 0.15) is 17.5 Å². The highest BCUT2D eigenvalue weighted by molar-refractivity contribution is 5.78. The minimum absolute atomic E-state index is 0.0166. The van der Waals surface area contributed by atoms with Crippen LogP contribution in [0.5, 0.6) is 0 Å². The number of Topliss-reactive ketones (excluding diaryl/α,β-unsaturated/α-hetero) is 1. The Kier molecular flexibility index (Phi) is 4.22. The number of halogens is 3. The molecule has 0 radical (unpaired) electrons. The highest BCUT2D eigenvalue weighted by Crippen LogP contribution is 2.29. The number of alkyl halides is 3. The van der Waals surface area contributed by atoms with Crippen molar-refractivity contribution in [3.8, 4) is 0 Å². The smallest absolute Gasteiger partial charge is 0.330 e. The molecule has 6 heteroatoms. The van der Waals surface area contributed by atoms with Crippen molar-refractivity contribution >= 4 is 5.78 Å². The first kappa shape index (κ1) is 14.3. The Hall–Kier alpha value is -2.11. The molecule has 0 spiro atoms. The lowest BCUT2D eigenvalue weighted by Crippen LogP contribution is -2.09. The Morgan fingerprint density at radius 3 is 2.45 bits per heavy atom. The Balaban J connectivity index is 1.86. The molecule has 3 nitrogen and oxygen atoms in total. The average Bonchev–Trinajstić information content (AvgIpc) is 2.88. The Bertz CT molecular complexity index is 559. The number of aryl methyl sites for hydroxylation is 1. The molecule has 0 amide bonds. The van der Waals surface area contributed by atoms with E-state index in [-0.39, 0.29) is 12.3 Å². The molecule has 0 aliphatic heterocycles. The number of hydrogen-bond acceptors (Lipinski definition) is 2. The van der Waals surface area contributed by atoms with Gasteiger partial charge in [-0.05, 0) is 24.1 Å². The van der Waals surface area contributed by atoms with Crippen molar-refractivity contribution in [1.82, 2.24) is 9.55 Å². The molecular weight excluding hydrogens is 269 g/mol. The number of benzene rings is 1. The van der Waals surface area contributed by atoms with E-state index in [1.54, 1.807) is 23.3 Å². The van der Waals surface area contributed by atoms with Crippen molar-refractivity contribution in [2.24, 2.45) is 0 Å². The van der Waals surface area contributed by atoms with Gasteiger partial charge in [0.1, 0.15) is 0 Å². The molecule has 2 aromatic rings. The fourth-order valence-corrected chi connectivity index (χ4v) is 1.81. The lowest BCUT2D eigenvalue weighted by molar-refractivity contribution is -0.137. The van der Waals surface area contributed by atoms with Crippen molar-refractivity contribution in [3.63, 3.8) is 0 Å². The highest BCUT2D eigenvalue weighted by Gasteiger charge is 2.29. The molecule has 0 saturated carbocycles. The summed E-state index contributed by atoms with van der Waals surface area (Å²) in [6.45, 7) is 0.237. The fraction of sp³-hybridized carbons (Fsp3) is 0.286. The second-order valence-corrected chi connectivity index (χ2v) is 4.47. The molecule has 106 valence electrons. The number of nitrogens with zero attached hydrogens (tertiary/aromatic N) is 2. The molecule has 2 rings (SSSR count). The largest absolute Gasteiger partial charge is 0.416 e. The lowest BCUT2D eigenvalue weighted by Gasteiger charge is -2.07. The Labute approximate surface area is 114 Å². The summed E-state index contributed by atoms with van der Waals surface area (Å²) in [5, 5.41) is 0. The minimum Gasteiger partial charge on any atom is -0.330 e. The molecule has 0 unspecified atom stereocenters. The van der Waals surface area contributed by atoms with Crippen molar-refractivity contribution < 1.29 is 18.0 Å². The van der Waals surface area contributed by atoms with Crippen molar-refractivity contribution in [2.45, 2.75) is 25.6 Å². The number of imidazole rings is 1. The third-order valence-corrected chi connectivity index (χ3v) is 2.89. The highest BCUT2D eigenvalue weighted by atomic mass is 19.4. The van der Waals surface area contributed by atoms with Gasteiger partial charge in [0.15, 0.2) is 5.78 Å². The molecule has 0 aliphatic rings. The van der Waals surface area contributed by atoms with Crippen LogP contribution in [0.3, 0.4) is 0 Å². The first-order chi connectivity index (χ1) is 9.45. The van der Waals surface area contributed by atoms with Gasteiger partial charge in [0, 0.05) is 18.8 Å². The summed E-state index contributed by atoms with van der Waals surface area (Å²) in [6, 6.07) is 4.89. The van der Waals surface area contributed by atoms with E-state index < -0.39 is 11.7 Å². The number of aromatic nitrogens is 2. The SMILES string of the molecule is O=C(CCc1ccc(C(F)(F)F)cc1)Cn1ccnc1. The molecule has 0 aliphatic carbocycles. The van der Waals surface area contributed by atoms with Crippen LogP contribution in [0.2, 0.25) is 0 Å². The van der Waals surface area contributed by atoms with Gasteiger partial charge in [0.2, 0.25) is 0 Å².